The molecule has 24 N–H and O–H groups in total. The van der Waals surface area contributed by atoms with Crippen LogP contribution in [0, 0.1) is 0 Å². The number of aliphatic hydroxyl groups is 19. The van der Waals surface area contributed by atoms with Crippen LogP contribution in [-0.2, 0) is 18.6 Å². The first-order valence-corrected chi connectivity index (χ1v) is 22.3. The van der Waals surface area contributed by atoms with Crippen LogP contribution in [-0.4, -0.2) is 282 Å². The fourth-order valence-corrected chi connectivity index (χ4v) is 5.65. The van der Waals surface area contributed by atoms with Crippen LogP contribution >= 0.6 is 7.82 Å². The summed E-state index contributed by atoms with van der Waals surface area (Å²) in [7, 11) is -1.63. The highest BCUT2D eigenvalue weighted by Crippen LogP contribution is 2.36. The number of phosphoric acid groups is 1. The lowest BCUT2D eigenvalue weighted by Crippen LogP contribution is -2.58. The molecule has 0 aromatic carbocycles. The van der Waals surface area contributed by atoms with Gasteiger partial charge in [0.05, 0.1) is 38.6 Å². The topological polar surface area (TPSA) is 519 Å². The maximum absolute atomic E-state index is 12.0. The second kappa shape index (κ2) is 37.6. The molecule has 1 amide bonds. The number of aliphatic hydroxyl groups excluding tert-OH is 19. The number of hydrogen-bond acceptors (Lipinski definition) is 25. The number of unbranched alkanes of at least 4 members (excludes halogenated alkanes) is 6. The molecule has 65 heavy (non-hydrogen) atoms. The van der Waals surface area contributed by atoms with Gasteiger partial charge in [0.25, 0.3) is 0 Å². The molecule has 2 unspecified atom stereocenters. The van der Waals surface area contributed by atoms with Gasteiger partial charge in [-0.1, -0.05) is 45.4 Å². The molecule has 394 valence electrons. The Morgan fingerprint density at radius 1 is 0.646 bits per heavy atom. The van der Waals surface area contributed by atoms with E-state index in [0.717, 1.165) is 19.3 Å². The molecule has 1 aliphatic rings. The van der Waals surface area contributed by atoms with Gasteiger partial charge in [-0.2, -0.15) is 0 Å². The number of hydrogen-bond donors (Lipinski definition) is 23. The number of nitrogens with two attached hydrogens (primary N) is 1. The van der Waals surface area contributed by atoms with Crippen LogP contribution in [0.2, 0.25) is 0 Å². The zero-order valence-electron chi connectivity index (χ0n) is 36.9. The van der Waals surface area contributed by atoms with Gasteiger partial charge in [-0.05, 0) is 13.5 Å². The molecular formula is C36H80N3O25P. The summed E-state index contributed by atoms with van der Waals surface area (Å²) in [5.41, 5.74) is 4.99. The Balaban J connectivity index is -0.000000822. The Morgan fingerprint density at radius 2 is 1.05 bits per heavy atom. The third-order valence-corrected chi connectivity index (χ3v) is 10.1. The van der Waals surface area contributed by atoms with E-state index in [9.17, 15) is 45.1 Å². The molecule has 28 nitrogen and oxygen atoms in total. The van der Waals surface area contributed by atoms with Gasteiger partial charge in [0.2, 0.25) is 5.91 Å². The fraction of sp³-hybridized carbons (Fsp3) is 0.972. The second-order valence-corrected chi connectivity index (χ2v) is 16.4. The van der Waals surface area contributed by atoms with Crippen molar-refractivity contribution in [2.75, 3.05) is 60.2 Å². The molecule has 29 heteroatoms. The van der Waals surface area contributed by atoms with Gasteiger partial charge in [0.1, 0.15) is 85.5 Å². The molecule has 1 saturated heterocycles. The number of carbonyl (C=O) groups is 1. The van der Waals surface area contributed by atoms with Crippen molar-refractivity contribution in [2.45, 2.75) is 162 Å². The van der Waals surface area contributed by atoms with Crippen LogP contribution in [0.1, 0.15) is 58.3 Å². The average Bonchev–Trinajstić information content (AvgIpc) is 3.28. The maximum Gasteiger partial charge on any atom is 0.469 e. The molecule has 1 fully saturated rings. The number of rotatable bonds is 28. The monoisotopic (exact) mass is 985 g/mol. The van der Waals surface area contributed by atoms with Gasteiger partial charge >= 0.3 is 7.82 Å². The highest BCUT2D eigenvalue weighted by molar-refractivity contribution is 7.46. The molecule has 1 rings (SSSR count). The van der Waals surface area contributed by atoms with Crippen LogP contribution in [0.4, 0.5) is 0 Å². The fourth-order valence-electron chi connectivity index (χ4n) is 5.31. The third-order valence-electron chi connectivity index (χ3n) is 9.61. The quantitative estimate of drug-likeness (QED) is 0.0256. The summed E-state index contributed by atoms with van der Waals surface area (Å²) in [6, 6.07) is 0. The van der Waals surface area contributed by atoms with Gasteiger partial charge < -0.3 is 127 Å². The number of carbonyl (C=O) groups excluding carboxylic acids is 1. The Hall–Kier alpha value is -1.30. The summed E-state index contributed by atoms with van der Waals surface area (Å²) in [5, 5.41) is 175. The molecule has 0 bridgehead atoms. The largest absolute Gasteiger partial charge is 0.469 e. The van der Waals surface area contributed by atoms with Crippen molar-refractivity contribution in [3.8, 4) is 0 Å². The summed E-state index contributed by atoms with van der Waals surface area (Å²) in [4.78, 5) is 30.1. The van der Waals surface area contributed by atoms with Crippen molar-refractivity contribution in [3.05, 3.63) is 0 Å². The molecule has 0 radical (unpaired) electrons. The summed E-state index contributed by atoms with van der Waals surface area (Å²) in [6.07, 6.45) is -17.7. The van der Waals surface area contributed by atoms with E-state index in [4.69, 9.17) is 76.8 Å². The lowest BCUT2D eigenvalue weighted by Gasteiger charge is -2.38. The minimum atomic E-state index is -4.73. The first kappa shape index (κ1) is 68.0. The van der Waals surface area contributed by atoms with E-state index in [1.807, 2.05) is 0 Å². The summed E-state index contributed by atoms with van der Waals surface area (Å²) < 4.78 is 19.0. The second-order valence-electron chi connectivity index (χ2n) is 15.2. The number of nitrogens with zero attached hydrogens (tertiary/aromatic N) is 1. The van der Waals surface area contributed by atoms with Crippen molar-refractivity contribution < 1.29 is 125 Å². The third kappa shape index (κ3) is 29.4. The number of nitrogens with one attached hydrogen (secondary N) is 1. The molecule has 0 aromatic heterocycles. The Bertz CT molecular complexity index is 1190. The number of ether oxygens (including phenoxy) is 1. The number of phosphoric ester groups is 1. The van der Waals surface area contributed by atoms with Crippen molar-refractivity contribution in [1.29, 1.82) is 0 Å². The molecule has 0 saturated carbocycles. The van der Waals surface area contributed by atoms with E-state index in [-0.39, 0.29) is 25.5 Å². The first-order chi connectivity index (χ1) is 30.1. The lowest BCUT2D eigenvalue weighted by atomic mass is 10.00. The minimum absolute atomic E-state index is 0.0936. The van der Waals surface area contributed by atoms with E-state index in [0.29, 0.717) is 6.42 Å². The van der Waals surface area contributed by atoms with Gasteiger partial charge in [0.15, 0.2) is 6.29 Å². The zero-order chi connectivity index (χ0) is 51.2. The smallest absolute Gasteiger partial charge is 0.394 e. The van der Waals surface area contributed by atoms with Crippen molar-refractivity contribution >= 4 is 13.7 Å². The van der Waals surface area contributed by atoms with E-state index in [1.54, 1.807) is 7.05 Å². The van der Waals surface area contributed by atoms with E-state index >= 15 is 0 Å². The van der Waals surface area contributed by atoms with Gasteiger partial charge in [-0.3, -0.25) is 9.32 Å². The van der Waals surface area contributed by atoms with E-state index < -0.39 is 138 Å². The predicted molar refractivity (Wildman–Crippen MR) is 223 cm³/mol. The van der Waals surface area contributed by atoms with Crippen molar-refractivity contribution in [3.63, 3.8) is 0 Å². The Kier molecular flexibility index (Phi) is 39.3. The van der Waals surface area contributed by atoms with Crippen LogP contribution in [0.5, 0.6) is 0 Å². The highest BCUT2D eigenvalue weighted by atomic mass is 31.2. The van der Waals surface area contributed by atoms with E-state index in [1.165, 1.54) is 37.6 Å². The number of likely N-dealkylation sites (N-methyl/N-ethyl adjacent to an activating group) is 2. The predicted octanol–water partition coefficient (Wildman–Crippen LogP) is -10.1. The van der Waals surface area contributed by atoms with Crippen molar-refractivity contribution in [1.82, 2.24) is 10.2 Å². The SMILES string of the molecule is CCCCCCCCCC(=O)N(C)C[C@H](O)[C@@H](O)[C@H](O)[C@H](O)CO.CNC[C@H](O)[C@@H](O)[C@H](O)[C@H](O)CO.NC[C@H](O)[C@@H](O)[C@H](O)[C@H](O)CO.O=P(O)(O)OCC1O[C@@H](O)C(O)[C@@H](O)[C@@H]1O. The zero-order valence-corrected chi connectivity index (χ0v) is 37.8. The average molecular weight is 986 g/mol. The standard InChI is InChI=1S/C17H35NO6.C7H17NO5.C6H15NO5.C6H13O9P/c1-3-4-5-6-7-8-9-10-15(22)18(2)11-13(20)16(23)17(24)14(21)12-19;1-8-2-4(10)6(12)7(13)5(11)3-9;7-1-3(9)5(11)6(12)4(10)2-8;7-3-2(1-14-16(11,12)13)15-6(10)5(9)4(3)8/h13-14,16-17,19-21,23-24H,3-12H2,1-2H3;4-13H,2-3H2,1H3;3-6,8-12H,1-2,7H2;2-10H,1H2,(H2,11,12,13)/t13-,14+,16+,17+;4-,5+,6+,7+;3-,4+,5+,6+;2?,3-,4+,5?,6-/m0001/s1. The molecule has 1 heterocycles. The molecule has 17 atom stereocenters. The summed E-state index contributed by atoms with van der Waals surface area (Å²) in [5.74, 6) is -0.132. The molecule has 0 aliphatic carbocycles. The Labute approximate surface area is 377 Å². The molecule has 0 spiro atoms. The number of amides is 1. The summed E-state index contributed by atoms with van der Waals surface area (Å²) in [6.45, 7) is -0.911. The van der Waals surface area contributed by atoms with Crippen LogP contribution < -0.4 is 11.1 Å². The van der Waals surface area contributed by atoms with E-state index in [2.05, 4.69) is 21.5 Å². The maximum atomic E-state index is 12.0. The molecule has 1 aliphatic heterocycles. The van der Waals surface area contributed by atoms with Crippen molar-refractivity contribution in [2.24, 2.45) is 5.73 Å². The minimum Gasteiger partial charge on any atom is -0.394 e. The van der Waals surface area contributed by atoms with Gasteiger partial charge in [-0.25, -0.2) is 4.57 Å². The Morgan fingerprint density at radius 3 is 1.45 bits per heavy atom. The lowest BCUT2D eigenvalue weighted by molar-refractivity contribution is -0.285. The van der Waals surface area contributed by atoms with Gasteiger partial charge in [0, 0.05) is 33.1 Å². The first-order valence-electron chi connectivity index (χ1n) is 20.8. The van der Waals surface area contributed by atoms with Crippen LogP contribution in [0.25, 0.3) is 0 Å². The van der Waals surface area contributed by atoms with Crippen LogP contribution in [0.3, 0.4) is 0 Å². The van der Waals surface area contributed by atoms with Crippen LogP contribution in [0.15, 0.2) is 0 Å². The normalized spacial score (nSPS) is 24.3. The highest BCUT2D eigenvalue weighted by Gasteiger charge is 2.43. The van der Waals surface area contributed by atoms with Gasteiger partial charge in [-0.15, -0.1) is 0 Å². The molecule has 0 aromatic rings. The molecular weight excluding hydrogens is 905 g/mol. The summed E-state index contributed by atoms with van der Waals surface area (Å²) >= 11 is 0.